The van der Waals surface area contributed by atoms with Crippen molar-refractivity contribution in [1.82, 2.24) is 4.98 Å². The van der Waals surface area contributed by atoms with Crippen LogP contribution in [-0.4, -0.2) is 30.0 Å². The molecule has 1 aromatic heterocycles. The molecular formula is C18H18N2O4S. The molecule has 0 fully saturated rings. The quantitative estimate of drug-likeness (QED) is 0.674. The minimum atomic E-state index is -1.00. The molecule has 130 valence electrons. The molecular weight excluding hydrogens is 340 g/mol. The number of nitrogens with zero attached hydrogens (tertiary/aromatic N) is 2. The highest BCUT2D eigenvalue weighted by Crippen LogP contribution is 2.21. The van der Waals surface area contributed by atoms with Crippen molar-refractivity contribution < 1.29 is 19.1 Å². The van der Waals surface area contributed by atoms with Gasteiger partial charge in [-0.05, 0) is 25.5 Å². The molecule has 0 unspecified atom stereocenters. The van der Waals surface area contributed by atoms with Crippen molar-refractivity contribution in [3.63, 3.8) is 0 Å². The lowest BCUT2D eigenvalue weighted by atomic mass is 10.1. The zero-order valence-electron chi connectivity index (χ0n) is 14.0. The van der Waals surface area contributed by atoms with Crippen LogP contribution in [0, 0.1) is 25.2 Å². The molecule has 0 N–H and O–H groups in total. The summed E-state index contributed by atoms with van der Waals surface area (Å²) in [6.45, 7) is 3.41. The van der Waals surface area contributed by atoms with Crippen LogP contribution in [0.15, 0.2) is 29.6 Å². The number of rotatable bonds is 8. The lowest BCUT2D eigenvalue weighted by molar-refractivity contribution is -0.148. The van der Waals surface area contributed by atoms with Gasteiger partial charge in [-0.1, -0.05) is 18.2 Å². The Hall–Kier alpha value is -2.72. The standard InChI is InChI=1S/C18H18N2O4S/c1-12-5-3-4-6-16(12)23-8-7-17(22)24-10-15(21)14(9-19)18-20-13(2)11-25-18/h3-6,11,14H,7-8,10H2,1-2H3/t14-/m1/s1. The zero-order valence-corrected chi connectivity index (χ0v) is 14.8. The summed E-state index contributed by atoms with van der Waals surface area (Å²) in [5, 5.41) is 11.3. The van der Waals surface area contributed by atoms with Crippen molar-refractivity contribution in [2.75, 3.05) is 13.2 Å². The van der Waals surface area contributed by atoms with Gasteiger partial charge in [-0.25, -0.2) is 4.98 Å². The fourth-order valence-electron chi connectivity index (χ4n) is 2.04. The molecule has 25 heavy (non-hydrogen) atoms. The van der Waals surface area contributed by atoms with Crippen molar-refractivity contribution in [3.05, 3.63) is 45.9 Å². The van der Waals surface area contributed by atoms with Gasteiger partial charge in [0.1, 0.15) is 10.8 Å². The molecule has 1 atom stereocenters. The molecule has 2 aromatic rings. The third kappa shape index (κ3) is 5.40. The first-order chi connectivity index (χ1) is 12.0. The number of hydrogen-bond acceptors (Lipinski definition) is 7. The Kier molecular flexibility index (Phi) is 6.66. The van der Waals surface area contributed by atoms with Gasteiger partial charge >= 0.3 is 5.97 Å². The van der Waals surface area contributed by atoms with Crippen molar-refractivity contribution in [1.29, 1.82) is 5.26 Å². The zero-order chi connectivity index (χ0) is 18.2. The van der Waals surface area contributed by atoms with Crippen molar-refractivity contribution in [2.24, 2.45) is 0 Å². The molecule has 0 spiro atoms. The van der Waals surface area contributed by atoms with Gasteiger partial charge in [-0.3, -0.25) is 9.59 Å². The number of para-hydroxylation sites is 1. The lowest BCUT2D eigenvalue weighted by Crippen LogP contribution is -2.20. The van der Waals surface area contributed by atoms with E-state index < -0.39 is 24.3 Å². The van der Waals surface area contributed by atoms with Crippen molar-refractivity contribution >= 4 is 23.1 Å². The Balaban J connectivity index is 1.76. The number of thiazole rings is 1. The first kappa shape index (κ1) is 18.6. The maximum Gasteiger partial charge on any atom is 0.309 e. The summed E-state index contributed by atoms with van der Waals surface area (Å²) in [6.07, 6.45) is 0.0230. The molecule has 0 amide bonds. The number of carbonyl (C=O) groups is 2. The fourth-order valence-corrected chi connectivity index (χ4v) is 2.90. The Morgan fingerprint density at radius 1 is 1.32 bits per heavy atom. The summed E-state index contributed by atoms with van der Waals surface area (Å²) in [5.74, 6) is -1.33. The van der Waals surface area contributed by atoms with Crippen LogP contribution in [0.3, 0.4) is 0 Å². The number of esters is 1. The van der Waals surface area contributed by atoms with E-state index in [9.17, 15) is 9.59 Å². The van der Waals surface area contributed by atoms with E-state index in [-0.39, 0.29) is 13.0 Å². The SMILES string of the molecule is Cc1csc([C@H](C#N)C(=O)COC(=O)CCOc2ccccc2C)n1. The highest BCUT2D eigenvalue weighted by molar-refractivity contribution is 7.09. The maximum atomic E-state index is 12.1. The molecule has 2 rings (SSSR count). The average molecular weight is 358 g/mol. The van der Waals surface area contributed by atoms with Gasteiger partial charge in [-0.2, -0.15) is 5.26 Å². The lowest BCUT2D eigenvalue weighted by Gasteiger charge is -2.09. The van der Waals surface area contributed by atoms with Gasteiger partial charge in [0.15, 0.2) is 18.3 Å². The minimum Gasteiger partial charge on any atom is -0.493 e. The van der Waals surface area contributed by atoms with Gasteiger partial charge in [0.05, 0.1) is 19.1 Å². The highest BCUT2D eigenvalue weighted by atomic mass is 32.1. The summed E-state index contributed by atoms with van der Waals surface area (Å²) >= 11 is 1.24. The van der Waals surface area contributed by atoms with Gasteiger partial charge < -0.3 is 9.47 Å². The molecule has 0 aliphatic heterocycles. The fraction of sp³-hybridized carbons (Fsp3) is 0.333. The molecule has 1 aromatic carbocycles. The van der Waals surface area contributed by atoms with Gasteiger partial charge in [-0.15, -0.1) is 11.3 Å². The Labute approximate surface area is 150 Å². The number of ketones is 1. The Morgan fingerprint density at radius 2 is 2.08 bits per heavy atom. The number of nitriles is 1. The topological polar surface area (TPSA) is 89.3 Å². The number of carbonyl (C=O) groups excluding carboxylic acids is 2. The summed E-state index contributed by atoms with van der Waals surface area (Å²) in [4.78, 5) is 27.9. The van der Waals surface area contributed by atoms with E-state index in [1.165, 1.54) is 11.3 Å². The first-order valence-electron chi connectivity index (χ1n) is 7.69. The van der Waals surface area contributed by atoms with Crippen LogP contribution in [0.4, 0.5) is 0 Å². The number of aromatic nitrogens is 1. The molecule has 0 aliphatic carbocycles. The van der Waals surface area contributed by atoms with E-state index in [0.717, 1.165) is 11.3 Å². The second kappa shape index (κ2) is 8.94. The number of hydrogen-bond donors (Lipinski definition) is 0. The van der Waals surface area contributed by atoms with E-state index in [0.29, 0.717) is 10.8 Å². The third-order valence-electron chi connectivity index (χ3n) is 3.37. The van der Waals surface area contributed by atoms with Crippen LogP contribution < -0.4 is 4.74 Å². The minimum absolute atomic E-state index is 0.0230. The summed E-state index contributed by atoms with van der Waals surface area (Å²) < 4.78 is 10.4. The van der Waals surface area contributed by atoms with Crippen LogP contribution in [0.5, 0.6) is 5.75 Å². The van der Waals surface area contributed by atoms with Crippen LogP contribution in [0.2, 0.25) is 0 Å². The molecule has 0 bridgehead atoms. The van der Waals surface area contributed by atoms with Gasteiger partial charge in [0, 0.05) is 11.1 Å². The third-order valence-corrected chi connectivity index (χ3v) is 4.40. The molecule has 0 saturated heterocycles. The number of ether oxygens (including phenoxy) is 2. The second-order valence-electron chi connectivity index (χ2n) is 5.38. The molecule has 0 aliphatic rings. The van der Waals surface area contributed by atoms with Crippen LogP contribution in [-0.2, 0) is 14.3 Å². The van der Waals surface area contributed by atoms with E-state index in [1.54, 1.807) is 12.3 Å². The van der Waals surface area contributed by atoms with Crippen LogP contribution in [0.25, 0.3) is 0 Å². The normalized spacial score (nSPS) is 11.4. The van der Waals surface area contributed by atoms with Crippen LogP contribution in [0.1, 0.15) is 28.6 Å². The van der Waals surface area contributed by atoms with Gasteiger partial charge in [0.2, 0.25) is 0 Å². The Bertz CT molecular complexity index is 794. The van der Waals surface area contributed by atoms with E-state index in [2.05, 4.69) is 4.98 Å². The molecule has 0 saturated carbocycles. The van der Waals surface area contributed by atoms with Crippen LogP contribution >= 0.6 is 11.3 Å². The number of Topliss-reactive ketones (excluding diaryl/α,β-unsaturated/α-hetero) is 1. The molecule has 7 heteroatoms. The Morgan fingerprint density at radius 3 is 2.72 bits per heavy atom. The maximum absolute atomic E-state index is 12.1. The van der Waals surface area contributed by atoms with E-state index in [4.69, 9.17) is 14.7 Å². The van der Waals surface area contributed by atoms with E-state index in [1.807, 2.05) is 37.3 Å². The molecule has 1 heterocycles. The van der Waals surface area contributed by atoms with Crippen molar-refractivity contribution in [3.8, 4) is 11.8 Å². The number of benzene rings is 1. The average Bonchev–Trinajstić information content (AvgIpc) is 3.01. The van der Waals surface area contributed by atoms with Crippen molar-refractivity contribution in [2.45, 2.75) is 26.2 Å². The first-order valence-corrected chi connectivity index (χ1v) is 8.57. The number of aryl methyl sites for hydroxylation is 2. The predicted octanol–water partition coefficient (Wildman–Crippen LogP) is 2.95. The summed E-state index contributed by atoms with van der Waals surface area (Å²) in [6, 6.07) is 9.39. The molecule has 0 radical (unpaired) electrons. The second-order valence-corrected chi connectivity index (χ2v) is 6.27. The van der Waals surface area contributed by atoms with Gasteiger partial charge in [0.25, 0.3) is 0 Å². The predicted molar refractivity (Wildman–Crippen MR) is 92.5 cm³/mol. The summed E-state index contributed by atoms with van der Waals surface area (Å²) in [5.41, 5.74) is 1.72. The molecule has 6 nitrogen and oxygen atoms in total. The largest absolute Gasteiger partial charge is 0.493 e. The monoisotopic (exact) mass is 358 g/mol. The van der Waals surface area contributed by atoms with E-state index >= 15 is 0 Å². The smallest absolute Gasteiger partial charge is 0.309 e. The summed E-state index contributed by atoms with van der Waals surface area (Å²) in [7, 11) is 0. The highest BCUT2D eigenvalue weighted by Gasteiger charge is 2.24.